The van der Waals surface area contributed by atoms with Crippen LogP contribution in [0.4, 0.5) is 10.1 Å². The first-order chi connectivity index (χ1) is 14.4. The van der Waals surface area contributed by atoms with Crippen molar-refractivity contribution < 1.29 is 13.7 Å². The molecule has 0 bridgehead atoms. The molecular weight excluding hydrogens is 413 g/mol. The highest BCUT2D eigenvalue weighted by Gasteiger charge is 2.50. The van der Waals surface area contributed by atoms with Crippen molar-refractivity contribution in [2.24, 2.45) is 0 Å². The van der Waals surface area contributed by atoms with Crippen LogP contribution in [0, 0.1) is 6.92 Å². The minimum absolute atomic E-state index is 0.150. The molecule has 3 aromatic rings. The molecule has 0 N–H and O–H groups in total. The van der Waals surface area contributed by atoms with E-state index in [4.69, 9.17) is 20.9 Å². The SMILES string of the molecule is Cc1onc(-c2ccc(Cl)nc2)c1Cn1ncc(N2CC3(C[C@H](F)CO3)C2)cc1=O. The van der Waals surface area contributed by atoms with Crippen LogP contribution >= 0.6 is 11.6 Å². The molecule has 2 fully saturated rings. The number of nitrogens with zero attached hydrogens (tertiary/aromatic N) is 5. The first-order valence-electron chi connectivity index (χ1n) is 9.60. The second-order valence-corrected chi connectivity index (χ2v) is 8.18. The minimum atomic E-state index is -0.907. The summed E-state index contributed by atoms with van der Waals surface area (Å²) in [6, 6.07) is 5.00. The van der Waals surface area contributed by atoms with E-state index in [9.17, 15) is 9.18 Å². The Labute approximate surface area is 176 Å². The number of alkyl halides is 1. The zero-order valence-electron chi connectivity index (χ0n) is 16.2. The lowest BCUT2D eigenvalue weighted by Gasteiger charge is -2.48. The van der Waals surface area contributed by atoms with E-state index in [0.717, 1.165) is 11.1 Å². The van der Waals surface area contributed by atoms with Crippen LogP contribution in [0.2, 0.25) is 5.15 Å². The van der Waals surface area contributed by atoms with Crippen molar-refractivity contribution in [2.75, 3.05) is 24.6 Å². The van der Waals surface area contributed by atoms with Gasteiger partial charge in [-0.05, 0) is 19.1 Å². The Hall–Kier alpha value is -2.78. The molecule has 156 valence electrons. The summed E-state index contributed by atoms with van der Waals surface area (Å²) in [6.45, 7) is 3.28. The summed E-state index contributed by atoms with van der Waals surface area (Å²) in [7, 11) is 0. The van der Waals surface area contributed by atoms with Gasteiger partial charge in [-0.2, -0.15) is 5.10 Å². The summed E-state index contributed by atoms with van der Waals surface area (Å²) in [5, 5.41) is 8.80. The molecule has 5 rings (SSSR count). The van der Waals surface area contributed by atoms with Gasteiger partial charge in [0.1, 0.15) is 28.4 Å². The highest BCUT2D eigenvalue weighted by Crippen LogP contribution is 2.38. The summed E-state index contributed by atoms with van der Waals surface area (Å²) in [4.78, 5) is 18.7. The first-order valence-corrected chi connectivity index (χ1v) is 9.97. The number of hydrogen-bond donors (Lipinski definition) is 0. The summed E-state index contributed by atoms with van der Waals surface area (Å²) < 4.78 is 25.7. The second-order valence-electron chi connectivity index (χ2n) is 7.80. The Bertz CT molecular complexity index is 1140. The van der Waals surface area contributed by atoms with Crippen LogP contribution in [0.5, 0.6) is 0 Å². The van der Waals surface area contributed by atoms with E-state index in [1.165, 1.54) is 10.7 Å². The standard InChI is InChI=1S/C20H19ClFN5O3/c1-12-16(19(25-30-12)13-2-3-17(21)23-6-13)8-27-18(28)4-15(7-24-27)26-10-20(11-26)5-14(22)9-29-20/h2-4,6-7,14H,5,8-11H2,1H3/t14-/m0/s1. The fourth-order valence-corrected chi connectivity index (χ4v) is 4.14. The van der Waals surface area contributed by atoms with Gasteiger partial charge in [0.2, 0.25) is 0 Å². The summed E-state index contributed by atoms with van der Waals surface area (Å²) >= 11 is 5.86. The van der Waals surface area contributed by atoms with Gasteiger partial charge in [0.15, 0.2) is 0 Å². The maximum atomic E-state index is 13.4. The van der Waals surface area contributed by atoms with Gasteiger partial charge in [-0.1, -0.05) is 16.8 Å². The average Bonchev–Trinajstić information content (AvgIpc) is 3.26. The van der Waals surface area contributed by atoms with Gasteiger partial charge in [0.25, 0.3) is 5.56 Å². The highest BCUT2D eigenvalue weighted by atomic mass is 35.5. The van der Waals surface area contributed by atoms with E-state index in [0.29, 0.717) is 41.8 Å². The zero-order valence-corrected chi connectivity index (χ0v) is 17.0. The predicted octanol–water partition coefficient (Wildman–Crippen LogP) is 2.62. The number of ether oxygens (including phenoxy) is 1. The van der Waals surface area contributed by atoms with Gasteiger partial charge in [0.05, 0.1) is 25.0 Å². The highest BCUT2D eigenvalue weighted by molar-refractivity contribution is 6.29. The molecule has 1 spiro atoms. The van der Waals surface area contributed by atoms with Crippen molar-refractivity contribution in [3.05, 3.63) is 57.4 Å². The van der Waals surface area contributed by atoms with Gasteiger partial charge < -0.3 is 14.2 Å². The largest absolute Gasteiger partial charge is 0.368 e. The van der Waals surface area contributed by atoms with E-state index in [2.05, 4.69) is 15.2 Å². The first kappa shape index (κ1) is 19.2. The summed E-state index contributed by atoms with van der Waals surface area (Å²) in [5.74, 6) is 0.599. The van der Waals surface area contributed by atoms with Gasteiger partial charge in [-0.15, -0.1) is 0 Å². The van der Waals surface area contributed by atoms with E-state index in [1.54, 1.807) is 31.5 Å². The Morgan fingerprint density at radius 2 is 2.17 bits per heavy atom. The monoisotopic (exact) mass is 431 g/mol. The third-order valence-corrected chi connectivity index (χ3v) is 5.86. The van der Waals surface area contributed by atoms with E-state index < -0.39 is 11.8 Å². The maximum Gasteiger partial charge on any atom is 0.269 e. The molecule has 2 aliphatic rings. The number of halogens is 2. The molecule has 8 nitrogen and oxygen atoms in total. The van der Waals surface area contributed by atoms with Crippen LogP contribution in [0.15, 0.2) is 39.9 Å². The molecule has 1 atom stereocenters. The molecule has 2 aliphatic heterocycles. The van der Waals surface area contributed by atoms with Gasteiger partial charge in [-0.25, -0.2) is 14.1 Å². The fourth-order valence-electron chi connectivity index (χ4n) is 4.03. The second kappa shape index (κ2) is 7.17. The molecule has 0 aliphatic carbocycles. The van der Waals surface area contributed by atoms with Crippen molar-refractivity contribution in [1.29, 1.82) is 0 Å². The summed E-state index contributed by atoms with van der Waals surface area (Å²) in [5.41, 5.74) is 2.12. The molecule has 30 heavy (non-hydrogen) atoms. The lowest BCUT2D eigenvalue weighted by atomic mass is 9.90. The number of aromatic nitrogens is 4. The number of anilines is 1. The molecule has 0 unspecified atom stereocenters. The van der Waals surface area contributed by atoms with Crippen LogP contribution in [0.3, 0.4) is 0 Å². The third-order valence-electron chi connectivity index (χ3n) is 5.64. The van der Waals surface area contributed by atoms with Crippen molar-refractivity contribution >= 4 is 17.3 Å². The quantitative estimate of drug-likeness (QED) is 0.587. The van der Waals surface area contributed by atoms with Crippen molar-refractivity contribution in [3.63, 3.8) is 0 Å². The lowest BCUT2D eigenvalue weighted by Crippen LogP contribution is -2.62. The van der Waals surface area contributed by atoms with Crippen molar-refractivity contribution in [2.45, 2.75) is 31.7 Å². The number of aryl methyl sites for hydroxylation is 1. The van der Waals surface area contributed by atoms with Crippen LogP contribution in [-0.4, -0.2) is 51.4 Å². The van der Waals surface area contributed by atoms with Crippen LogP contribution in [0.1, 0.15) is 17.7 Å². The van der Waals surface area contributed by atoms with Crippen LogP contribution in [0.25, 0.3) is 11.3 Å². The Morgan fingerprint density at radius 1 is 1.33 bits per heavy atom. The van der Waals surface area contributed by atoms with Gasteiger partial charge in [-0.3, -0.25) is 4.79 Å². The molecular formula is C20H19ClFN5O3. The van der Waals surface area contributed by atoms with Crippen molar-refractivity contribution in [1.82, 2.24) is 19.9 Å². The molecule has 0 aromatic carbocycles. The molecule has 0 amide bonds. The molecule has 5 heterocycles. The topological polar surface area (TPSA) is 86.3 Å². The maximum absolute atomic E-state index is 13.4. The molecule has 3 aromatic heterocycles. The Morgan fingerprint density at radius 3 is 2.83 bits per heavy atom. The third kappa shape index (κ3) is 3.37. The average molecular weight is 432 g/mol. The lowest BCUT2D eigenvalue weighted by molar-refractivity contribution is -0.0190. The normalized spacial score (nSPS) is 20.0. The van der Waals surface area contributed by atoms with E-state index in [-0.39, 0.29) is 18.7 Å². The van der Waals surface area contributed by atoms with E-state index in [1.807, 2.05) is 4.90 Å². The molecule has 0 radical (unpaired) electrons. The predicted molar refractivity (Wildman–Crippen MR) is 107 cm³/mol. The zero-order chi connectivity index (χ0) is 20.9. The number of hydrogen-bond acceptors (Lipinski definition) is 7. The number of pyridine rings is 1. The van der Waals surface area contributed by atoms with Crippen molar-refractivity contribution in [3.8, 4) is 11.3 Å². The molecule has 10 heteroatoms. The molecule has 2 saturated heterocycles. The van der Waals surface area contributed by atoms with Gasteiger partial charge in [0, 0.05) is 42.9 Å². The van der Waals surface area contributed by atoms with Gasteiger partial charge >= 0.3 is 0 Å². The minimum Gasteiger partial charge on any atom is -0.368 e. The number of rotatable bonds is 4. The van der Waals surface area contributed by atoms with Crippen LogP contribution in [-0.2, 0) is 11.3 Å². The fraction of sp³-hybridized carbons (Fsp3) is 0.400. The molecule has 0 saturated carbocycles. The smallest absolute Gasteiger partial charge is 0.269 e. The van der Waals surface area contributed by atoms with Crippen LogP contribution < -0.4 is 10.5 Å². The van der Waals surface area contributed by atoms with E-state index >= 15 is 0 Å². The summed E-state index contributed by atoms with van der Waals surface area (Å²) in [6.07, 6.45) is 2.75. The Balaban J connectivity index is 1.35. The Kier molecular flexibility index (Phi) is 4.59.